The van der Waals surface area contributed by atoms with E-state index in [2.05, 4.69) is 41.8 Å². The average molecular weight is 468 g/mol. The van der Waals surface area contributed by atoms with E-state index in [-0.39, 0.29) is 4.11 Å². The zero-order valence-corrected chi connectivity index (χ0v) is 17.0. The van der Waals surface area contributed by atoms with Gasteiger partial charge in [-0.15, -0.1) is 0 Å². The molecule has 1 N–H and O–H groups in total. The number of anilines is 1. The molecule has 138 valence electrons. The van der Waals surface area contributed by atoms with Crippen molar-refractivity contribution in [2.24, 2.45) is 11.8 Å². The lowest BCUT2D eigenvalue weighted by Crippen LogP contribution is -2.59. The summed E-state index contributed by atoms with van der Waals surface area (Å²) in [5, 5.41) is 2.30. The SMILES string of the molecule is CC(C)c1ccc(N2C(=O)NC(=O)C(C(C)C3=CCC(I)O3)C2=O)cc1. The van der Waals surface area contributed by atoms with Crippen LogP contribution in [-0.2, 0) is 14.3 Å². The molecular weight excluding hydrogens is 447 g/mol. The number of barbiturate groups is 1. The summed E-state index contributed by atoms with van der Waals surface area (Å²) in [7, 11) is 0. The maximum atomic E-state index is 13.0. The first kappa shape index (κ1) is 18.9. The first-order valence-electron chi connectivity index (χ1n) is 8.59. The summed E-state index contributed by atoms with van der Waals surface area (Å²) in [5.41, 5.74) is 1.56. The molecule has 0 spiro atoms. The fourth-order valence-corrected chi connectivity index (χ4v) is 3.74. The van der Waals surface area contributed by atoms with Gasteiger partial charge in [0.2, 0.25) is 11.8 Å². The van der Waals surface area contributed by atoms with Crippen molar-refractivity contribution in [2.75, 3.05) is 4.90 Å². The topological polar surface area (TPSA) is 75.7 Å². The number of ether oxygens (including phenoxy) is 1. The molecule has 1 fully saturated rings. The maximum Gasteiger partial charge on any atom is 0.335 e. The number of carbonyl (C=O) groups excluding carboxylic acids is 3. The predicted molar refractivity (Wildman–Crippen MR) is 106 cm³/mol. The van der Waals surface area contributed by atoms with E-state index in [0.29, 0.717) is 17.4 Å². The molecule has 2 heterocycles. The summed E-state index contributed by atoms with van der Waals surface area (Å²) in [5.74, 6) is -1.56. The maximum absolute atomic E-state index is 13.0. The number of hydrogen-bond acceptors (Lipinski definition) is 4. The number of allylic oxidation sites excluding steroid dienone is 1. The van der Waals surface area contributed by atoms with Crippen LogP contribution >= 0.6 is 22.6 Å². The third kappa shape index (κ3) is 3.49. The van der Waals surface area contributed by atoms with E-state index >= 15 is 0 Å². The van der Waals surface area contributed by atoms with Gasteiger partial charge in [-0.25, -0.2) is 9.69 Å². The highest BCUT2D eigenvalue weighted by Crippen LogP contribution is 2.34. The number of rotatable bonds is 4. The summed E-state index contributed by atoms with van der Waals surface area (Å²) in [6.07, 6.45) is 2.64. The number of carbonyl (C=O) groups is 3. The fourth-order valence-electron chi connectivity index (χ4n) is 3.19. The summed E-state index contributed by atoms with van der Waals surface area (Å²) in [6, 6.07) is 6.53. The van der Waals surface area contributed by atoms with Crippen molar-refractivity contribution in [1.29, 1.82) is 0 Å². The van der Waals surface area contributed by atoms with Crippen LogP contribution in [-0.4, -0.2) is 22.0 Å². The van der Waals surface area contributed by atoms with Gasteiger partial charge in [0, 0.05) is 12.3 Å². The lowest BCUT2D eigenvalue weighted by atomic mass is 9.88. The molecule has 1 aromatic carbocycles. The fraction of sp³-hybridized carbons (Fsp3) is 0.421. The van der Waals surface area contributed by atoms with Crippen LogP contribution in [0.1, 0.15) is 38.7 Å². The van der Waals surface area contributed by atoms with Gasteiger partial charge in [0.1, 0.15) is 5.92 Å². The van der Waals surface area contributed by atoms with Gasteiger partial charge in [-0.1, -0.05) is 32.9 Å². The van der Waals surface area contributed by atoms with Crippen LogP contribution < -0.4 is 10.2 Å². The molecule has 1 aromatic rings. The highest BCUT2D eigenvalue weighted by atomic mass is 127. The molecule has 6 nitrogen and oxygen atoms in total. The Kier molecular flexibility index (Phi) is 5.36. The zero-order chi connectivity index (χ0) is 19.0. The zero-order valence-electron chi connectivity index (χ0n) is 14.9. The highest BCUT2D eigenvalue weighted by Gasteiger charge is 2.46. The Morgan fingerprint density at radius 3 is 2.35 bits per heavy atom. The van der Waals surface area contributed by atoms with E-state index in [1.54, 1.807) is 19.1 Å². The van der Waals surface area contributed by atoms with E-state index < -0.39 is 29.7 Å². The number of imide groups is 2. The largest absolute Gasteiger partial charge is 0.484 e. The molecule has 3 atom stereocenters. The van der Waals surface area contributed by atoms with Crippen molar-refractivity contribution in [2.45, 2.75) is 37.2 Å². The molecule has 0 saturated carbocycles. The summed E-state index contributed by atoms with van der Waals surface area (Å²) >= 11 is 2.16. The molecule has 3 unspecified atom stereocenters. The molecule has 0 radical (unpaired) electrons. The second kappa shape index (κ2) is 7.38. The number of hydrogen-bond donors (Lipinski definition) is 1. The van der Waals surface area contributed by atoms with E-state index in [9.17, 15) is 14.4 Å². The molecule has 7 heteroatoms. The van der Waals surface area contributed by atoms with Crippen LogP contribution in [0.3, 0.4) is 0 Å². The third-order valence-electron chi connectivity index (χ3n) is 4.74. The summed E-state index contributed by atoms with van der Waals surface area (Å²) in [4.78, 5) is 38.7. The van der Waals surface area contributed by atoms with Crippen LogP contribution in [0.25, 0.3) is 0 Å². The minimum Gasteiger partial charge on any atom is -0.484 e. The molecule has 3 rings (SSSR count). The number of amides is 4. The molecule has 0 aliphatic carbocycles. The Bertz CT molecular complexity index is 772. The lowest BCUT2D eigenvalue weighted by Gasteiger charge is -2.33. The van der Waals surface area contributed by atoms with Crippen molar-refractivity contribution in [3.8, 4) is 0 Å². The molecule has 1 saturated heterocycles. The van der Waals surface area contributed by atoms with Gasteiger partial charge >= 0.3 is 6.03 Å². The number of nitrogens with one attached hydrogen (secondary N) is 1. The molecule has 26 heavy (non-hydrogen) atoms. The number of urea groups is 1. The Balaban J connectivity index is 1.88. The standard InChI is InChI=1S/C19H21IN2O4/c1-10(2)12-4-6-13(7-5-12)22-18(24)16(17(23)21-19(22)25)11(3)14-8-9-15(20)26-14/h4-8,10-11,15-16H,9H2,1-3H3,(H,21,23,25). The van der Waals surface area contributed by atoms with Gasteiger partial charge in [-0.05, 0) is 52.3 Å². The second-order valence-corrected chi connectivity index (χ2v) is 8.24. The van der Waals surface area contributed by atoms with Gasteiger partial charge in [-0.3, -0.25) is 14.9 Å². The smallest absolute Gasteiger partial charge is 0.335 e. The number of halogens is 1. The van der Waals surface area contributed by atoms with Crippen molar-refractivity contribution in [1.82, 2.24) is 5.32 Å². The third-order valence-corrected chi connectivity index (χ3v) is 5.50. The van der Waals surface area contributed by atoms with Crippen LogP contribution in [0.5, 0.6) is 0 Å². The minimum absolute atomic E-state index is 0.00752. The normalized spacial score (nSPS) is 24.4. The first-order chi connectivity index (χ1) is 12.3. The van der Waals surface area contributed by atoms with Gasteiger partial charge < -0.3 is 4.74 Å². The summed E-state index contributed by atoms with van der Waals surface area (Å²) < 4.78 is 5.70. The Hall–Kier alpha value is -1.90. The van der Waals surface area contributed by atoms with Crippen molar-refractivity contribution in [3.63, 3.8) is 0 Å². The monoisotopic (exact) mass is 468 g/mol. The van der Waals surface area contributed by atoms with Gasteiger partial charge in [0.25, 0.3) is 0 Å². The number of alkyl halides is 1. The minimum atomic E-state index is -0.995. The van der Waals surface area contributed by atoms with Crippen molar-refractivity contribution in [3.05, 3.63) is 41.7 Å². The molecule has 0 aromatic heterocycles. The number of benzene rings is 1. The summed E-state index contributed by atoms with van der Waals surface area (Å²) in [6.45, 7) is 5.91. The van der Waals surface area contributed by atoms with Crippen LogP contribution in [0.4, 0.5) is 10.5 Å². The average Bonchev–Trinajstić information content (AvgIpc) is 3.01. The van der Waals surface area contributed by atoms with Gasteiger partial charge in [-0.2, -0.15) is 0 Å². The molecule has 2 aliphatic heterocycles. The van der Waals surface area contributed by atoms with Crippen LogP contribution in [0.2, 0.25) is 0 Å². The molecule has 2 aliphatic rings. The predicted octanol–water partition coefficient (Wildman–Crippen LogP) is 3.71. The van der Waals surface area contributed by atoms with E-state index in [4.69, 9.17) is 4.74 Å². The Morgan fingerprint density at radius 2 is 1.81 bits per heavy atom. The van der Waals surface area contributed by atoms with Crippen molar-refractivity contribution >= 4 is 46.1 Å². The first-order valence-corrected chi connectivity index (χ1v) is 9.83. The van der Waals surface area contributed by atoms with E-state index in [1.807, 2.05) is 18.2 Å². The molecule has 4 amide bonds. The quantitative estimate of drug-likeness (QED) is 0.416. The van der Waals surface area contributed by atoms with E-state index in [1.165, 1.54) is 0 Å². The van der Waals surface area contributed by atoms with Crippen LogP contribution in [0, 0.1) is 11.8 Å². The second-order valence-electron chi connectivity index (χ2n) is 6.85. The van der Waals surface area contributed by atoms with Gasteiger partial charge in [0.15, 0.2) is 4.11 Å². The van der Waals surface area contributed by atoms with E-state index in [0.717, 1.165) is 16.9 Å². The highest BCUT2D eigenvalue weighted by molar-refractivity contribution is 14.1. The Labute approximate surface area is 166 Å². The van der Waals surface area contributed by atoms with Gasteiger partial charge in [0.05, 0.1) is 11.4 Å². The van der Waals surface area contributed by atoms with Crippen LogP contribution in [0.15, 0.2) is 36.1 Å². The number of nitrogens with zero attached hydrogens (tertiary/aromatic N) is 1. The van der Waals surface area contributed by atoms with Crippen molar-refractivity contribution < 1.29 is 19.1 Å². The molecule has 0 bridgehead atoms. The molecular formula is C19H21IN2O4. The lowest BCUT2D eigenvalue weighted by molar-refractivity contribution is -0.136. The Morgan fingerprint density at radius 1 is 1.15 bits per heavy atom.